The van der Waals surface area contributed by atoms with Crippen LogP contribution in [0.2, 0.25) is 0 Å². The maximum Gasteiger partial charge on any atom is 0.329 e. The molecule has 0 saturated carbocycles. The third-order valence-electron chi connectivity index (χ3n) is 7.74. The number of nitrogens with two attached hydrogens (primary N) is 3. The lowest BCUT2D eigenvalue weighted by Gasteiger charge is -2.41. The number of aliphatic carboxylic acids is 1. The highest BCUT2D eigenvalue weighted by Crippen LogP contribution is 2.35. The number of ether oxygens (including phenoxy) is 3. The van der Waals surface area contributed by atoms with Gasteiger partial charge in [0.2, 0.25) is 11.9 Å². The average Bonchev–Trinajstić information content (AvgIpc) is 3.05. The number of benzene rings is 1. The Kier molecular flexibility index (Phi) is 14.4. The number of carbonyl (C=O) groups is 3. The number of carboxylic acids is 1. The van der Waals surface area contributed by atoms with Crippen LogP contribution in [-0.4, -0.2) is 108 Å². The molecule has 2 heterocycles. The minimum Gasteiger partial charge on any atom is -0.479 e. The van der Waals surface area contributed by atoms with Gasteiger partial charge in [-0.1, -0.05) is 20.8 Å². The first-order valence-corrected chi connectivity index (χ1v) is 15.9. The summed E-state index contributed by atoms with van der Waals surface area (Å²) in [7, 11) is 1.84. The van der Waals surface area contributed by atoms with Crippen LogP contribution >= 0.6 is 0 Å². The second kappa shape index (κ2) is 18.2. The van der Waals surface area contributed by atoms with Gasteiger partial charge < -0.3 is 52.1 Å². The van der Waals surface area contributed by atoms with Crippen LogP contribution in [0.5, 0.6) is 0 Å². The molecule has 17 nitrogen and oxygen atoms in total. The molecule has 1 aromatic carbocycles. The Morgan fingerprint density at radius 1 is 0.918 bits per heavy atom. The Balaban J connectivity index is 1.54. The van der Waals surface area contributed by atoms with Crippen LogP contribution < -0.4 is 32.7 Å². The number of amides is 2. The van der Waals surface area contributed by atoms with Crippen molar-refractivity contribution in [3.63, 3.8) is 0 Å². The normalized spacial score (nSPS) is 12.8. The average molecular weight is 685 g/mol. The van der Waals surface area contributed by atoms with E-state index >= 15 is 0 Å². The molecule has 0 bridgehead atoms. The lowest BCUT2D eigenvalue weighted by atomic mass is 9.70. The highest BCUT2D eigenvalue weighted by atomic mass is 16.5. The van der Waals surface area contributed by atoms with Gasteiger partial charge in [0.1, 0.15) is 5.54 Å². The standard InChI is InChI=1S/C32H48N10O7/c1-31(2,3)32(29(45)46,10-9-24(43)36-12-14-48-16-18-49-17-15-47-13-11-33)41-28(44)21-5-7-23(8-6-21)42(4)20-22-19-37-27-25(38-22)26(34)39-30(35)40-27/h5-8,19H,9-18,20,33H2,1-4H3,(H,36,43)(H,41,44)(H,45,46)(H4,34,35,37,39,40)/t32-/m0/s1. The predicted octanol–water partition coefficient (Wildman–Crippen LogP) is 0.725. The van der Waals surface area contributed by atoms with E-state index in [-0.39, 0.29) is 49.2 Å². The van der Waals surface area contributed by atoms with E-state index in [9.17, 15) is 19.5 Å². The van der Waals surface area contributed by atoms with Gasteiger partial charge in [0.15, 0.2) is 17.0 Å². The summed E-state index contributed by atoms with van der Waals surface area (Å²) in [5.74, 6) is -2.03. The van der Waals surface area contributed by atoms with E-state index in [0.29, 0.717) is 63.0 Å². The molecule has 0 spiro atoms. The first-order valence-electron chi connectivity index (χ1n) is 15.9. The largest absolute Gasteiger partial charge is 0.479 e. The van der Waals surface area contributed by atoms with Crippen molar-refractivity contribution in [1.29, 1.82) is 0 Å². The van der Waals surface area contributed by atoms with Crippen LogP contribution in [0, 0.1) is 5.41 Å². The maximum atomic E-state index is 13.4. The van der Waals surface area contributed by atoms with Crippen LogP contribution in [0.15, 0.2) is 30.5 Å². The number of rotatable bonds is 20. The van der Waals surface area contributed by atoms with E-state index in [2.05, 4.69) is 30.6 Å². The van der Waals surface area contributed by atoms with Crippen molar-refractivity contribution in [2.75, 3.05) is 76.1 Å². The molecule has 0 fully saturated rings. The quantitative estimate of drug-likeness (QED) is 0.0897. The minimum absolute atomic E-state index is 0.0128. The van der Waals surface area contributed by atoms with Crippen LogP contribution in [0.1, 0.15) is 49.7 Å². The molecule has 49 heavy (non-hydrogen) atoms. The van der Waals surface area contributed by atoms with E-state index in [4.69, 9.17) is 31.4 Å². The summed E-state index contributed by atoms with van der Waals surface area (Å²) in [6.45, 7) is 8.57. The van der Waals surface area contributed by atoms with Crippen molar-refractivity contribution < 1.29 is 33.7 Å². The van der Waals surface area contributed by atoms with Crippen molar-refractivity contribution in [1.82, 2.24) is 30.6 Å². The molecule has 0 aliphatic carbocycles. The number of aromatic nitrogens is 4. The predicted molar refractivity (Wildman–Crippen MR) is 184 cm³/mol. The van der Waals surface area contributed by atoms with E-state index in [1.807, 2.05) is 11.9 Å². The van der Waals surface area contributed by atoms with Gasteiger partial charge in [-0.05, 0) is 36.1 Å². The van der Waals surface area contributed by atoms with Crippen molar-refractivity contribution in [2.24, 2.45) is 11.1 Å². The lowest BCUT2D eigenvalue weighted by Crippen LogP contribution is -2.62. The summed E-state index contributed by atoms with van der Waals surface area (Å²) in [6, 6.07) is 6.68. The molecule has 2 amide bonds. The second-order valence-corrected chi connectivity index (χ2v) is 12.3. The fourth-order valence-electron chi connectivity index (χ4n) is 4.91. The van der Waals surface area contributed by atoms with Crippen molar-refractivity contribution >= 4 is 46.4 Å². The van der Waals surface area contributed by atoms with E-state index in [0.717, 1.165) is 5.69 Å². The van der Waals surface area contributed by atoms with Gasteiger partial charge >= 0.3 is 5.97 Å². The number of hydrogen-bond acceptors (Lipinski definition) is 14. The van der Waals surface area contributed by atoms with Gasteiger partial charge in [0, 0.05) is 37.8 Å². The number of hydrogen-bond donors (Lipinski definition) is 6. The van der Waals surface area contributed by atoms with Gasteiger partial charge in [-0.15, -0.1) is 0 Å². The number of nitrogens with zero attached hydrogens (tertiary/aromatic N) is 5. The molecule has 17 heteroatoms. The summed E-state index contributed by atoms with van der Waals surface area (Å²) in [5.41, 5.74) is 16.5. The molecule has 0 unspecified atom stereocenters. The molecule has 3 aromatic rings. The molecule has 0 aliphatic heterocycles. The molecule has 3 rings (SSSR count). The van der Waals surface area contributed by atoms with Crippen molar-refractivity contribution in [2.45, 2.75) is 45.7 Å². The Bertz CT molecular complexity index is 1550. The minimum atomic E-state index is -1.73. The zero-order valence-corrected chi connectivity index (χ0v) is 28.5. The Labute approximate surface area is 285 Å². The van der Waals surface area contributed by atoms with Crippen LogP contribution in [0.3, 0.4) is 0 Å². The lowest BCUT2D eigenvalue weighted by molar-refractivity contribution is -0.150. The fourth-order valence-corrected chi connectivity index (χ4v) is 4.91. The SMILES string of the molecule is CN(Cc1cnc2nc(N)nc(N)c2n1)c1ccc(C(=O)N[C@@](CCC(=O)NCCOCCOCCOCCN)(C(=O)O)C(C)(C)C)cc1. The third-order valence-corrected chi connectivity index (χ3v) is 7.74. The summed E-state index contributed by atoms with van der Waals surface area (Å²) in [6.07, 6.45) is 1.32. The summed E-state index contributed by atoms with van der Waals surface area (Å²) < 4.78 is 16.0. The summed E-state index contributed by atoms with van der Waals surface area (Å²) in [4.78, 5) is 57.4. The summed E-state index contributed by atoms with van der Waals surface area (Å²) in [5, 5.41) is 15.8. The Morgan fingerprint density at radius 3 is 2.16 bits per heavy atom. The molecule has 0 saturated heterocycles. The van der Waals surface area contributed by atoms with Crippen molar-refractivity contribution in [3.05, 3.63) is 41.7 Å². The number of nitrogens with one attached hydrogen (secondary N) is 2. The van der Waals surface area contributed by atoms with E-state index in [1.54, 1.807) is 51.2 Å². The first kappa shape index (κ1) is 38.7. The van der Waals surface area contributed by atoms with Crippen LogP contribution in [0.25, 0.3) is 11.2 Å². The highest BCUT2D eigenvalue weighted by molar-refractivity contribution is 5.98. The van der Waals surface area contributed by atoms with Crippen molar-refractivity contribution in [3.8, 4) is 0 Å². The zero-order chi connectivity index (χ0) is 36.0. The Morgan fingerprint density at radius 2 is 1.55 bits per heavy atom. The van der Waals surface area contributed by atoms with E-state index in [1.165, 1.54) is 0 Å². The molecule has 2 aromatic heterocycles. The van der Waals surface area contributed by atoms with Gasteiger partial charge in [-0.3, -0.25) is 9.59 Å². The zero-order valence-electron chi connectivity index (χ0n) is 28.5. The van der Waals surface area contributed by atoms with E-state index < -0.39 is 22.8 Å². The fraction of sp³-hybridized carbons (Fsp3) is 0.531. The van der Waals surface area contributed by atoms with Crippen LogP contribution in [-0.2, 0) is 30.3 Å². The molecule has 268 valence electrons. The summed E-state index contributed by atoms with van der Waals surface area (Å²) >= 11 is 0. The molecule has 1 atom stereocenters. The second-order valence-electron chi connectivity index (χ2n) is 12.3. The topological polar surface area (TPSA) is 256 Å². The molecule has 9 N–H and O–H groups in total. The number of carbonyl (C=O) groups excluding carboxylic acids is 2. The van der Waals surface area contributed by atoms with Crippen LogP contribution in [0.4, 0.5) is 17.5 Å². The molecule has 0 aliphatic rings. The third kappa shape index (κ3) is 11.2. The Hall–Kier alpha value is -4.71. The first-order chi connectivity index (χ1) is 23.3. The number of fused-ring (bicyclic) bond motifs is 1. The number of nitrogen functional groups attached to an aromatic ring is 2. The highest BCUT2D eigenvalue weighted by Gasteiger charge is 2.50. The monoisotopic (exact) mass is 684 g/mol. The number of anilines is 3. The molecular weight excluding hydrogens is 636 g/mol. The van der Waals surface area contributed by atoms with Gasteiger partial charge in [-0.2, -0.15) is 9.97 Å². The van der Waals surface area contributed by atoms with Gasteiger partial charge in [-0.25, -0.2) is 14.8 Å². The molecule has 0 radical (unpaired) electrons. The van der Waals surface area contributed by atoms with Gasteiger partial charge in [0.25, 0.3) is 5.91 Å². The molecular formula is C32H48N10O7. The smallest absolute Gasteiger partial charge is 0.329 e. The number of carboxylic acid groups (broad SMARTS) is 1. The van der Waals surface area contributed by atoms with Gasteiger partial charge in [0.05, 0.1) is 58.1 Å². The maximum absolute atomic E-state index is 13.4.